The van der Waals surface area contributed by atoms with Gasteiger partial charge in [-0.3, -0.25) is 9.97 Å². The molecule has 3 aromatic heterocycles. The predicted octanol–water partition coefficient (Wildman–Crippen LogP) is 26.5. The molecule has 636 valence electrons. The van der Waals surface area contributed by atoms with Gasteiger partial charge < -0.3 is 40.0 Å². The number of rotatable bonds is 16. The Kier molecular flexibility index (Phi) is 34.6. The molecule has 5 N–H and O–H groups in total. The third-order valence-electron chi connectivity index (χ3n) is 21.3. The molecule has 0 aliphatic carbocycles. The van der Waals surface area contributed by atoms with Gasteiger partial charge in [0.15, 0.2) is 0 Å². The number of nitrogens with one attached hydrogen (secondary N) is 1. The van der Waals surface area contributed by atoms with Crippen LogP contribution in [0.4, 0.5) is 17.1 Å². The van der Waals surface area contributed by atoms with Crippen LogP contribution in [0.3, 0.4) is 0 Å². The molecular formula is C109H107B3Ir2N7O4P-2. The Morgan fingerprint density at radius 2 is 0.817 bits per heavy atom. The van der Waals surface area contributed by atoms with E-state index in [9.17, 15) is 10.2 Å². The van der Waals surface area contributed by atoms with Crippen LogP contribution in [0.1, 0.15) is 94.7 Å². The Bertz CT molecular complexity index is 6180. The van der Waals surface area contributed by atoms with Crippen molar-refractivity contribution in [2.45, 2.75) is 119 Å². The number of aliphatic hydroxyl groups excluding tert-OH is 4. The molecule has 0 aliphatic rings. The van der Waals surface area contributed by atoms with E-state index in [0.29, 0.717) is 12.8 Å². The zero-order valence-corrected chi connectivity index (χ0v) is 79.0. The van der Waals surface area contributed by atoms with Crippen LogP contribution in [-0.2, 0) is 45.6 Å². The van der Waals surface area contributed by atoms with Crippen molar-refractivity contribution in [2.24, 2.45) is 10.8 Å². The zero-order valence-electron chi connectivity index (χ0n) is 73.3. The number of fused-ring (bicyclic) bond motifs is 5. The maximum Gasteiger partial charge on any atom is 0.119 e. The van der Waals surface area contributed by atoms with Crippen LogP contribution in [0.2, 0.25) is 0 Å². The number of anilines is 3. The van der Waals surface area contributed by atoms with E-state index >= 15 is 0 Å². The minimum Gasteiger partial charge on any atom is -0.393 e. The van der Waals surface area contributed by atoms with Gasteiger partial charge in [-0.1, -0.05) is 299 Å². The quantitative estimate of drug-likeness (QED) is 0.0360. The van der Waals surface area contributed by atoms with E-state index in [2.05, 4.69) is 295 Å². The fourth-order valence-corrected chi connectivity index (χ4v) is 14.3. The number of aliphatic hydroxyl groups is 4. The summed E-state index contributed by atoms with van der Waals surface area (Å²) in [6.07, 6.45) is 2.74. The molecule has 0 spiro atoms. The average Bonchev–Trinajstić information content (AvgIpc) is 1.62. The van der Waals surface area contributed by atoms with Crippen LogP contribution in [0, 0.1) is 28.1 Å². The van der Waals surface area contributed by atoms with Gasteiger partial charge in [0, 0.05) is 109 Å². The second-order valence-electron chi connectivity index (χ2n) is 34.3. The summed E-state index contributed by atoms with van der Waals surface area (Å²) in [5.74, 6) is 0. The van der Waals surface area contributed by atoms with Gasteiger partial charge >= 0.3 is 0 Å². The molecule has 8 radical (unpaired) electrons. The maximum absolute atomic E-state index is 9.76. The monoisotopic (exact) mass is 2030 g/mol. The molecule has 4 atom stereocenters. The molecule has 17 aromatic rings. The summed E-state index contributed by atoms with van der Waals surface area (Å²) in [5.41, 5.74) is 22.5. The molecule has 14 aromatic carbocycles. The molecular weight excluding hydrogens is 1920 g/mol. The van der Waals surface area contributed by atoms with E-state index in [-0.39, 0.29) is 74.7 Å². The molecule has 0 fully saturated rings. The van der Waals surface area contributed by atoms with Gasteiger partial charge in [-0.15, -0.1) is 78.6 Å². The van der Waals surface area contributed by atoms with Crippen LogP contribution in [0.25, 0.3) is 127 Å². The van der Waals surface area contributed by atoms with Crippen molar-refractivity contribution < 1.29 is 60.6 Å². The minimum absolute atomic E-state index is 0. The molecule has 4 unspecified atom stereocenters. The molecule has 17 rings (SSSR count). The summed E-state index contributed by atoms with van der Waals surface area (Å²) in [6, 6.07) is 128. The summed E-state index contributed by atoms with van der Waals surface area (Å²) < 4.78 is 2.37. The zero-order chi connectivity index (χ0) is 88.1. The molecule has 0 amide bonds. The van der Waals surface area contributed by atoms with Gasteiger partial charge in [-0.2, -0.15) is 0 Å². The number of benzene rings is 14. The SMILES string of the molecule is CC(C)(C)C(O)CC(O)C(C)(C)C.CC(C)(C)c1cc(-c2[c-]cccc2)ncn1.CC(O)CC(C)O.[B]CP([B])([B])=N.[Ir].[Ir].[c-]1ccccc1-c1ncc(-c2ccccc2)nc1-c1ccccc1.c1ccc(-n2c3ccccc3c3cc(-c4ccc(N(c5ccc(-c6cccc7ccccc67)cc5)c5ccc(-c6cccc7ccccc67)cc5)cc4)ccc32)cc1. The Labute approximate surface area is 775 Å². The first-order valence-corrected chi connectivity index (χ1v) is 44.1. The molecule has 126 heavy (non-hydrogen) atoms. The van der Waals surface area contributed by atoms with Crippen molar-refractivity contribution in [3.63, 3.8) is 0 Å². The van der Waals surface area contributed by atoms with Crippen LogP contribution >= 0.6 is 6.81 Å². The maximum atomic E-state index is 9.76. The minimum atomic E-state index is -2.37. The van der Waals surface area contributed by atoms with Gasteiger partial charge in [0.25, 0.3) is 0 Å². The predicted molar refractivity (Wildman–Crippen MR) is 524 cm³/mol. The van der Waals surface area contributed by atoms with Crippen molar-refractivity contribution >= 4 is 90.2 Å². The number of hydrogen-bond donors (Lipinski definition) is 5. The second kappa shape index (κ2) is 44.9. The smallest absolute Gasteiger partial charge is 0.119 e. The number of hydrogen-bond acceptors (Lipinski definition) is 10. The van der Waals surface area contributed by atoms with Gasteiger partial charge in [0.2, 0.25) is 0 Å². The Morgan fingerprint density at radius 1 is 0.397 bits per heavy atom. The van der Waals surface area contributed by atoms with Crippen molar-refractivity contribution in [3.05, 3.63) is 376 Å². The average molecular weight is 2030 g/mol. The molecule has 3 heterocycles. The molecule has 11 nitrogen and oxygen atoms in total. The van der Waals surface area contributed by atoms with E-state index in [1.807, 2.05) is 151 Å². The first-order valence-electron chi connectivity index (χ1n) is 42.0. The largest absolute Gasteiger partial charge is 0.393 e. The topological polar surface area (TPSA) is 164 Å². The van der Waals surface area contributed by atoms with Crippen LogP contribution in [0.15, 0.2) is 358 Å². The fourth-order valence-electron chi connectivity index (χ4n) is 14.3. The van der Waals surface area contributed by atoms with Crippen molar-refractivity contribution in [3.8, 4) is 84.1 Å². The number of para-hydroxylation sites is 2. The van der Waals surface area contributed by atoms with E-state index < -0.39 is 19.0 Å². The van der Waals surface area contributed by atoms with Crippen molar-refractivity contribution in [1.82, 2.24) is 24.5 Å². The van der Waals surface area contributed by atoms with E-state index in [4.69, 9.17) is 48.3 Å². The van der Waals surface area contributed by atoms with Crippen LogP contribution in [0.5, 0.6) is 0 Å². The van der Waals surface area contributed by atoms with E-state index in [1.54, 1.807) is 20.2 Å². The fraction of sp³-hybridized carbons (Fsp3) is 0.193. The standard InChI is InChI=1S/C56H38N2.C22H15N2.C14H15N2.C11H24O2.C5H12O2.CH3B3NP.2Ir/c1-2-16-45(17-3-1)58-55-23-9-8-20-53(55)54-38-44(30-37-56(54)58)39-24-31-46(32-25-39)57(47-33-26-42(27-34-47)51-21-10-14-40-12-4-6-18-49(40)51)48-35-28-43(29-36-48)52-22-11-15-41-13-5-7-19-50(41)52;1-4-10-17(11-5-1)20-16-23-21(18-12-6-2-7-13-18)22(24-20)19-14-8-3-9-15-19;1-14(2,3)13-9-12(15-10-16-13)11-7-5-4-6-8-11;1-10(2,3)8(12)7-9(13)11(4,5)6;1-4(6)3-5(2)7;2-1-6(3,4)5;;/h1-38H;1-12,14-16H;4-7,9-10H,1-3H3;8-9,12-13H,7H2,1-6H3;4-7H,3H2,1-2H3;5H,1H2;;/q;2*-1;;;;;. The molecule has 0 bridgehead atoms. The summed E-state index contributed by atoms with van der Waals surface area (Å²) in [6.45, 7) is 19.3. The van der Waals surface area contributed by atoms with Gasteiger partial charge in [-0.05, 0) is 164 Å². The normalized spacial score (nSPS) is 12.2. The van der Waals surface area contributed by atoms with Crippen molar-refractivity contribution in [1.29, 1.82) is 5.16 Å². The first-order chi connectivity index (χ1) is 59.5. The van der Waals surface area contributed by atoms with Crippen molar-refractivity contribution in [2.75, 3.05) is 11.0 Å². The molecule has 0 saturated heterocycles. The Hall–Kier alpha value is -11.1. The van der Waals surface area contributed by atoms with E-state index in [0.717, 1.165) is 67.8 Å². The third-order valence-corrected chi connectivity index (χ3v) is 21.9. The van der Waals surface area contributed by atoms with Crippen LogP contribution in [-0.4, -0.2) is 98.4 Å². The Balaban J connectivity index is 0.000000199. The Morgan fingerprint density at radius 3 is 1.28 bits per heavy atom. The van der Waals surface area contributed by atoms with Gasteiger partial charge in [0.1, 0.15) is 21.5 Å². The first kappa shape index (κ1) is 97.1. The summed E-state index contributed by atoms with van der Waals surface area (Å²) in [7, 11) is 14.8. The van der Waals surface area contributed by atoms with Crippen LogP contribution < -0.4 is 4.90 Å². The molecule has 0 aliphatic heterocycles. The molecule has 17 heteroatoms. The summed E-state index contributed by atoms with van der Waals surface area (Å²) >= 11 is 0. The number of aromatic nitrogens is 5. The van der Waals surface area contributed by atoms with Gasteiger partial charge in [-0.25, -0.2) is 4.98 Å². The van der Waals surface area contributed by atoms with E-state index in [1.165, 1.54) is 82.4 Å². The third kappa shape index (κ3) is 26.1. The summed E-state index contributed by atoms with van der Waals surface area (Å²) in [5, 5.41) is 50.9. The van der Waals surface area contributed by atoms with Gasteiger partial charge in [0.05, 0.1) is 54.7 Å². The molecule has 0 saturated carbocycles. The second-order valence-corrected chi connectivity index (χ2v) is 36.5. The summed E-state index contributed by atoms with van der Waals surface area (Å²) in [4.78, 5) is 20.6. The number of nitrogens with zero attached hydrogens (tertiary/aromatic N) is 6.